The highest BCUT2D eigenvalue weighted by atomic mass is 35.5. The molecule has 0 aliphatic carbocycles. The Bertz CT molecular complexity index is 466. The van der Waals surface area contributed by atoms with Gasteiger partial charge >= 0.3 is 6.72 Å². The number of pyridine rings is 1. The molecule has 0 bridgehead atoms. The predicted octanol–water partition coefficient (Wildman–Crippen LogP) is 5.35. The average Bonchev–Trinajstić information content (AvgIpc) is 2.26. The Balaban J connectivity index is 0.00000324. The third kappa shape index (κ3) is 5.72. The van der Waals surface area contributed by atoms with Crippen molar-refractivity contribution in [1.82, 2.24) is 4.98 Å². The third-order valence-corrected chi connectivity index (χ3v) is 4.97. The Morgan fingerprint density at radius 1 is 1.16 bits per heavy atom. The van der Waals surface area contributed by atoms with Gasteiger partial charge in [0.1, 0.15) is 5.02 Å². The summed E-state index contributed by atoms with van der Waals surface area (Å²) in [7, 11) is 0. The molecule has 0 aromatic carbocycles. The van der Waals surface area contributed by atoms with Gasteiger partial charge in [0.05, 0.1) is 18.2 Å². The van der Waals surface area contributed by atoms with Crippen LogP contribution < -0.4 is 4.52 Å². The maximum atomic E-state index is 5.94. The van der Waals surface area contributed by atoms with Gasteiger partial charge < -0.3 is 4.52 Å². The zero-order valence-electron chi connectivity index (χ0n) is 9.65. The van der Waals surface area contributed by atoms with Crippen molar-refractivity contribution >= 4 is 53.3 Å². The van der Waals surface area contributed by atoms with E-state index in [4.69, 9.17) is 60.2 Å². The monoisotopic (exact) mass is 365 g/mol. The van der Waals surface area contributed by atoms with Crippen molar-refractivity contribution in [3.8, 4) is 5.88 Å². The summed E-state index contributed by atoms with van der Waals surface area (Å²) in [5, 5.41) is 0.499. The molecule has 9 heteroatoms. The van der Waals surface area contributed by atoms with Crippen LogP contribution in [0.25, 0.3) is 0 Å². The van der Waals surface area contributed by atoms with Crippen LogP contribution in [0, 0.1) is 0 Å². The van der Waals surface area contributed by atoms with Crippen molar-refractivity contribution in [3.63, 3.8) is 0 Å². The number of rotatable bonds is 6. The maximum absolute atomic E-state index is 5.94. The molecule has 0 saturated carbocycles. The van der Waals surface area contributed by atoms with Crippen LogP contribution in [-0.4, -0.2) is 18.2 Å². The SMILES string of the molecule is C.CCOP(=S)(OCC)Oc1nc(Cl)c(Cl)cc1Cl. The summed E-state index contributed by atoms with van der Waals surface area (Å²) in [6.45, 7) is 1.37. The molecule has 1 aromatic rings. The molecule has 1 heterocycles. The van der Waals surface area contributed by atoms with Crippen LogP contribution in [0.2, 0.25) is 15.2 Å². The van der Waals surface area contributed by atoms with E-state index in [0.29, 0.717) is 13.2 Å². The predicted molar refractivity (Wildman–Crippen MR) is 84.2 cm³/mol. The number of halogens is 3. The van der Waals surface area contributed by atoms with E-state index in [1.54, 1.807) is 13.8 Å². The van der Waals surface area contributed by atoms with Gasteiger partial charge in [-0.15, -0.1) is 0 Å². The lowest BCUT2D eigenvalue weighted by atomic mass is 10.5. The fraction of sp³-hybridized carbons (Fsp3) is 0.500. The van der Waals surface area contributed by atoms with Crippen molar-refractivity contribution in [2.45, 2.75) is 21.3 Å². The molecule has 0 aliphatic rings. The van der Waals surface area contributed by atoms with Crippen LogP contribution in [0.3, 0.4) is 0 Å². The molecular weight excluding hydrogens is 352 g/mol. The highest BCUT2D eigenvalue weighted by Crippen LogP contribution is 2.51. The highest BCUT2D eigenvalue weighted by molar-refractivity contribution is 8.07. The van der Waals surface area contributed by atoms with Crippen molar-refractivity contribution < 1.29 is 13.6 Å². The molecule has 0 amide bonds. The van der Waals surface area contributed by atoms with Crippen LogP contribution in [0.5, 0.6) is 5.88 Å². The van der Waals surface area contributed by atoms with Crippen molar-refractivity contribution in [1.29, 1.82) is 0 Å². The minimum atomic E-state index is -2.92. The third-order valence-electron chi connectivity index (χ3n) is 1.63. The normalized spacial score (nSPS) is 11.0. The molecule has 0 aliphatic heterocycles. The van der Waals surface area contributed by atoms with Gasteiger partial charge in [-0.05, 0) is 19.9 Å². The van der Waals surface area contributed by atoms with E-state index in [2.05, 4.69) is 4.98 Å². The molecule has 0 radical (unpaired) electrons. The first-order valence-electron chi connectivity index (χ1n) is 5.02. The van der Waals surface area contributed by atoms with Gasteiger partial charge in [0.15, 0.2) is 5.15 Å². The molecule has 0 atom stereocenters. The van der Waals surface area contributed by atoms with E-state index in [1.165, 1.54) is 6.07 Å². The van der Waals surface area contributed by atoms with Crippen molar-refractivity contribution in [2.75, 3.05) is 13.2 Å². The smallest absolute Gasteiger partial charge is 0.381 e. The van der Waals surface area contributed by atoms with Crippen LogP contribution >= 0.6 is 41.5 Å². The topological polar surface area (TPSA) is 40.6 Å². The van der Waals surface area contributed by atoms with Gasteiger partial charge in [0.25, 0.3) is 0 Å². The Morgan fingerprint density at radius 2 is 1.68 bits per heavy atom. The fourth-order valence-corrected chi connectivity index (χ4v) is 3.59. The Hall–Kier alpha value is 0.390. The fourth-order valence-electron chi connectivity index (χ4n) is 1.00. The van der Waals surface area contributed by atoms with Crippen LogP contribution in [0.1, 0.15) is 21.3 Å². The first-order valence-corrected chi connectivity index (χ1v) is 8.71. The van der Waals surface area contributed by atoms with Crippen LogP contribution in [0.15, 0.2) is 6.07 Å². The zero-order valence-corrected chi connectivity index (χ0v) is 13.6. The van der Waals surface area contributed by atoms with Gasteiger partial charge in [-0.2, -0.15) is 4.98 Å². The summed E-state index contributed by atoms with van der Waals surface area (Å²) in [5.74, 6) is 0.0521. The van der Waals surface area contributed by atoms with E-state index in [-0.39, 0.29) is 28.5 Å². The summed E-state index contributed by atoms with van der Waals surface area (Å²) < 4.78 is 16.1. The van der Waals surface area contributed by atoms with Crippen LogP contribution in [0.4, 0.5) is 0 Å². The van der Waals surface area contributed by atoms with Gasteiger partial charge in [-0.3, -0.25) is 9.05 Å². The quantitative estimate of drug-likeness (QED) is 0.501. The second-order valence-electron chi connectivity index (χ2n) is 2.92. The zero-order chi connectivity index (χ0) is 13.8. The number of hydrogen-bond acceptors (Lipinski definition) is 5. The largest absolute Gasteiger partial charge is 0.404 e. The molecule has 0 unspecified atom stereocenters. The van der Waals surface area contributed by atoms with Gasteiger partial charge in [0, 0.05) is 11.8 Å². The lowest BCUT2D eigenvalue weighted by Gasteiger charge is -2.20. The number of nitrogens with zero attached hydrogens (tertiary/aromatic N) is 1. The second kappa shape index (κ2) is 8.63. The van der Waals surface area contributed by atoms with Gasteiger partial charge in [0.2, 0.25) is 5.88 Å². The Labute approximate surface area is 133 Å². The van der Waals surface area contributed by atoms with E-state index in [1.807, 2.05) is 0 Å². The first-order chi connectivity index (χ1) is 8.41. The molecule has 1 rings (SSSR count). The molecule has 0 saturated heterocycles. The first kappa shape index (κ1) is 19.4. The summed E-state index contributed by atoms with van der Waals surface area (Å²) in [6.07, 6.45) is 0. The molecule has 0 spiro atoms. The summed E-state index contributed by atoms with van der Waals surface area (Å²) in [5.41, 5.74) is 0. The average molecular weight is 367 g/mol. The second-order valence-corrected chi connectivity index (χ2v) is 7.03. The minimum absolute atomic E-state index is 0. The minimum Gasteiger partial charge on any atom is -0.404 e. The molecule has 1 aromatic heterocycles. The molecular formula is C10H15Cl3NO3PS. The summed E-state index contributed by atoms with van der Waals surface area (Å²) >= 11 is 22.7. The number of hydrogen-bond donors (Lipinski definition) is 0. The molecule has 4 nitrogen and oxygen atoms in total. The Kier molecular flexibility index (Phi) is 8.80. The Morgan fingerprint density at radius 3 is 2.16 bits per heavy atom. The lowest BCUT2D eigenvalue weighted by Crippen LogP contribution is -2.03. The summed E-state index contributed by atoms with van der Waals surface area (Å²) in [4.78, 5) is 3.90. The molecule has 0 N–H and O–H groups in total. The molecule has 19 heavy (non-hydrogen) atoms. The van der Waals surface area contributed by atoms with Gasteiger partial charge in [-0.1, -0.05) is 42.2 Å². The van der Waals surface area contributed by atoms with E-state index in [9.17, 15) is 0 Å². The van der Waals surface area contributed by atoms with Crippen LogP contribution in [-0.2, 0) is 20.9 Å². The van der Waals surface area contributed by atoms with Gasteiger partial charge in [-0.25, -0.2) is 0 Å². The van der Waals surface area contributed by atoms with E-state index >= 15 is 0 Å². The van der Waals surface area contributed by atoms with E-state index in [0.717, 1.165) is 0 Å². The standard InChI is InChI=1S/C9H11Cl3NO3PS.CH4/c1-3-14-17(18,15-4-2)16-9-7(11)5-6(10)8(12)13-9;/h5H,3-4H2,1-2H3;1H4. The maximum Gasteiger partial charge on any atom is 0.381 e. The number of aromatic nitrogens is 1. The highest BCUT2D eigenvalue weighted by Gasteiger charge is 2.24. The van der Waals surface area contributed by atoms with Crippen molar-refractivity contribution in [3.05, 3.63) is 21.3 Å². The lowest BCUT2D eigenvalue weighted by molar-refractivity contribution is 0.216. The summed E-state index contributed by atoms with van der Waals surface area (Å²) in [6, 6.07) is 1.42. The molecule has 0 fully saturated rings. The van der Waals surface area contributed by atoms with E-state index < -0.39 is 6.72 Å². The molecule has 110 valence electrons. The van der Waals surface area contributed by atoms with Crippen molar-refractivity contribution in [2.24, 2.45) is 0 Å².